The summed E-state index contributed by atoms with van der Waals surface area (Å²) in [5.74, 6) is -0.637. The van der Waals surface area contributed by atoms with Crippen molar-refractivity contribution in [3.63, 3.8) is 0 Å². The lowest BCUT2D eigenvalue weighted by Crippen LogP contribution is -2.18. The van der Waals surface area contributed by atoms with Crippen molar-refractivity contribution >= 4 is 34.8 Å². The lowest BCUT2D eigenvalue weighted by atomic mass is 10.1. The largest absolute Gasteiger partial charge is 0.322 e. The molecule has 0 unspecified atom stereocenters. The number of hydrogen-bond donors (Lipinski definition) is 2. The second-order valence-electron chi connectivity index (χ2n) is 5.20. The number of anilines is 2. The van der Waals surface area contributed by atoms with E-state index in [0.717, 1.165) is 0 Å². The van der Waals surface area contributed by atoms with Crippen LogP contribution in [-0.4, -0.2) is 16.8 Å². The molecule has 0 radical (unpaired) electrons. The molecule has 0 bridgehead atoms. The molecule has 25 heavy (non-hydrogen) atoms. The van der Waals surface area contributed by atoms with E-state index in [1.54, 1.807) is 60.7 Å². The van der Waals surface area contributed by atoms with Gasteiger partial charge in [0.2, 0.25) is 0 Å². The summed E-state index contributed by atoms with van der Waals surface area (Å²) in [7, 11) is 0. The molecule has 0 aliphatic rings. The number of hydrogen-bond acceptors (Lipinski definition) is 3. The molecule has 0 saturated heterocycles. The smallest absolute Gasteiger partial charge is 0.257 e. The van der Waals surface area contributed by atoms with Gasteiger partial charge in [-0.1, -0.05) is 23.7 Å². The number of amides is 2. The zero-order chi connectivity index (χ0) is 17.6. The van der Waals surface area contributed by atoms with Crippen LogP contribution >= 0.6 is 11.6 Å². The monoisotopic (exact) mass is 351 g/mol. The molecule has 0 aliphatic carbocycles. The number of benzene rings is 2. The van der Waals surface area contributed by atoms with E-state index in [9.17, 15) is 9.59 Å². The highest BCUT2D eigenvalue weighted by atomic mass is 35.5. The lowest BCUT2D eigenvalue weighted by molar-refractivity contribution is 0.102. The van der Waals surface area contributed by atoms with E-state index in [0.29, 0.717) is 27.5 Å². The number of halogens is 1. The van der Waals surface area contributed by atoms with Gasteiger partial charge in [-0.05, 0) is 48.5 Å². The van der Waals surface area contributed by atoms with Crippen LogP contribution < -0.4 is 10.6 Å². The molecular formula is C19H14ClN3O2. The topological polar surface area (TPSA) is 71.1 Å². The summed E-state index contributed by atoms with van der Waals surface area (Å²) in [6.45, 7) is 0. The van der Waals surface area contributed by atoms with Crippen molar-refractivity contribution in [3.8, 4) is 0 Å². The fourth-order valence-corrected chi connectivity index (χ4v) is 2.35. The van der Waals surface area contributed by atoms with Gasteiger partial charge in [0.25, 0.3) is 11.8 Å². The number of rotatable bonds is 4. The second kappa shape index (κ2) is 7.59. The van der Waals surface area contributed by atoms with E-state index in [4.69, 9.17) is 11.6 Å². The third-order valence-corrected chi connectivity index (χ3v) is 3.72. The first-order chi connectivity index (χ1) is 12.1. The van der Waals surface area contributed by atoms with Crippen LogP contribution in [0, 0.1) is 0 Å². The summed E-state index contributed by atoms with van der Waals surface area (Å²) in [6.07, 6.45) is 3.07. The van der Waals surface area contributed by atoms with Crippen LogP contribution in [0.3, 0.4) is 0 Å². The van der Waals surface area contributed by atoms with E-state index in [2.05, 4.69) is 15.6 Å². The summed E-state index contributed by atoms with van der Waals surface area (Å²) in [5.41, 5.74) is 1.86. The zero-order valence-corrected chi connectivity index (χ0v) is 13.8. The molecule has 0 fully saturated rings. The Morgan fingerprint density at radius 1 is 0.800 bits per heavy atom. The van der Waals surface area contributed by atoms with Crippen LogP contribution in [0.4, 0.5) is 11.4 Å². The van der Waals surface area contributed by atoms with Gasteiger partial charge in [0.15, 0.2) is 0 Å². The average Bonchev–Trinajstić information content (AvgIpc) is 2.64. The van der Waals surface area contributed by atoms with Crippen LogP contribution in [0.2, 0.25) is 5.02 Å². The van der Waals surface area contributed by atoms with Crippen molar-refractivity contribution in [3.05, 3.63) is 89.2 Å². The SMILES string of the molecule is O=C(Nc1ccccc1C(=O)Nc1ccc(Cl)cc1)c1ccncc1. The quantitative estimate of drug-likeness (QED) is 0.738. The van der Waals surface area contributed by atoms with Gasteiger partial charge in [0.05, 0.1) is 11.3 Å². The fourth-order valence-electron chi connectivity index (χ4n) is 2.22. The molecule has 3 rings (SSSR count). The Bertz CT molecular complexity index is 896. The van der Waals surface area contributed by atoms with E-state index >= 15 is 0 Å². The molecule has 0 spiro atoms. The molecule has 124 valence electrons. The minimum atomic E-state index is -0.326. The van der Waals surface area contributed by atoms with Gasteiger partial charge in [-0.2, -0.15) is 0 Å². The highest BCUT2D eigenvalue weighted by Crippen LogP contribution is 2.19. The van der Waals surface area contributed by atoms with E-state index in [1.165, 1.54) is 12.4 Å². The number of carbonyl (C=O) groups excluding carboxylic acids is 2. The van der Waals surface area contributed by atoms with Gasteiger partial charge in [0.1, 0.15) is 0 Å². The Morgan fingerprint density at radius 3 is 2.20 bits per heavy atom. The predicted octanol–water partition coefficient (Wildman–Crippen LogP) is 4.24. The second-order valence-corrected chi connectivity index (χ2v) is 5.63. The zero-order valence-electron chi connectivity index (χ0n) is 13.1. The fraction of sp³-hybridized carbons (Fsp3) is 0. The summed E-state index contributed by atoms with van der Waals surface area (Å²) in [5, 5.41) is 6.12. The van der Waals surface area contributed by atoms with Crippen LogP contribution in [0.1, 0.15) is 20.7 Å². The van der Waals surface area contributed by atoms with Crippen LogP contribution in [0.15, 0.2) is 73.1 Å². The van der Waals surface area contributed by atoms with Gasteiger partial charge in [-0.25, -0.2) is 0 Å². The number of pyridine rings is 1. The van der Waals surface area contributed by atoms with E-state index in [1.807, 2.05) is 0 Å². The molecule has 3 aromatic rings. The van der Waals surface area contributed by atoms with Gasteiger partial charge in [-0.3, -0.25) is 14.6 Å². The standard InChI is InChI=1S/C19H14ClN3O2/c20-14-5-7-15(8-6-14)22-19(25)16-3-1-2-4-17(16)23-18(24)13-9-11-21-12-10-13/h1-12H,(H,22,25)(H,23,24). The summed E-state index contributed by atoms with van der Waals surface area (Å²) in [4.78, 5) is 28.7. The minimum Gasteiger partial charge on any atom is -0.322 e. The van der Waals surface area contributed by atoms with Crippen molar-refractivity contribution in [2.75, 3.05) is 10.6 Å². The highest BCUT2D eigenvalue weighted by Gasteiger charge is 2.14. The Labute approximate surface area is 149 Å². The van der Waals surface area contributed by atoms with Crippen molar-refractivity contribution in [1.29, 1.82) is 0 Å². The average molecular weight is 352 g/mol. The van der Waals surface area contributed by atoms with Gasteiger partial charge in [0, 0.05) is 28.7 Å². The Kier molecular flexibility index (Phi) is 5.06. The molecule has 0 saturated carbocycles. The van der Waals surface area contributed by atoms with Gasteiger partial charge < -0.3 is 10.6 Å². The third kappa shape index (κ3) is 4.22. The van der Waals surface area contributed by atoms with Crippen LogP contribution in [0.25, 0.3) is 0 Å². The summed E-state index contributed by atoms with van der Waals surface area (Å²) >= 11 is 5.84. The van der Waals surface area contributed by atoms with Gasteiger partial charge >= 0.3 is 0 Å². The molecular weight excluding hydrogens is 338 g/mol. The normalized spacial score (nSPS) is 10.1. The molecule has 0 aliphatic heterocycles. The van der Waals surface area contributed by atoms with Crippen molar-refractivity contribution in [2.24, 2.45) is 0 Å². The summed E-state index contributed by atoms with van der Waals surface area (Å²) < 4.78 is 0. The maximum absolute atomic E-state index is 12.5. The molecule has 1 aromatic heterocycles. The Balaban J connectivity index is 1.79. The maximum Gasteiger partial charge on any atom is 0.257 e. The molecule has 2 N–H and O–H groups in total. The predicted molar refractivity (Wildman–Crippen MR) is 98.0 cm³/mol. The Morgan fingerprint density at radius 2 is 1.48 bits per heavy atom. The van der Waals surface area contributed by atoms with Crippen LogP contribution in [0.5, 0.6) is 0 Å². The number of nitrogens with one attached hydrogen (secondary N) is 2. The highest BCUT2D eigenvalue weighted by molar-refractivity contribution is 6.30. The van der Waals surface area contributed by atoms with Crippen molar-refractivity contribution in [2.45, 2.75) is 0 Å². The minimum absolute atomic E-state index is 0.311. The number of carbonyl (C=O) groups is 2. The third-order valence-electron chi connectivity index (χ3n) is 3.46. The molecule has 0 atom stereocenters. The molecule has 5 nitrogen and oxygen atoms in total. The number of aromatic nitrogens is 1. The summed E-state index contributed by atoms with van der Waals surface area (Å²) in [6, 6.07) is 16.8. The van der Waals surface area contributed by atoms with E-state index in [-0.39, 0.29) is 11.8 Å². The number of para-hydroxylation sites is 1. The van der Waals surface area contributed by atoms with E-state index < -0.39 is 0 Å². The molecule has 6 heteroatoms. The van der Waals surface area contributed by atoms with Crippen molar-refractivity contribution < 1.29 is 9.59 Å². The van der Waals surface area contributed by atoms with Crippen LogP contribution in [-0.2, 0) is 0 Å². The maximum atomic E-state index is 12.5. The number of nitrogens with zero attached hydrogens (tertiary/aromatic N) is 1. The first kappa shape index (κ1) is 16.7. The van der Waals surface area contributed by atoms with Crippen molar-refractivity contribution in [1.82, 2.24) is 4.98 Å². The Hall–Kier alpha value is -3.18. The molecule has 2 amide bonds. The first-order valence-corrected chi connectivity index (χ1v) is 7.88. The lowest BCUT2D eigenvalue weighted by Gasteiger charge is -2.11. The molecule has 1 heterocycles. The van der Waals surface area contributed by atoms with Gasteiger partial charge in [-0.15, -0.1) is 0 Å². The molecule has 2 aromatic carbocycles. The first-order valence-electron chi connectivity index (χ1n) is 7.51.